The quantitative estimate of drug-likeness (QED) is 0.521. The fraction of sp³-hybridized carbons (Fsp3) is 0.600. The van der Waals surface area contributed by atoms with Crippen molar-refractivity contribution in [3.8, 4) is 0 Å². The van der Waals surface area contributed by atoms with E-state index in [4.69, 9.17) is 0 Å². The minimum absolute atomic E-state index is 0.923. The van der Waals surface area contributed by atoms with E-state index in [9.17, 15) is 0 Å². The van der Waals surface area contributed by atoms with Gasteiger partial charge in [0, 0.05) is 24.7 Å². The number of hydrogen-bond donors (Lipinski definition) is 2. The van der Waals surface area contributed by atoms with Crippen LogP contribution in [0.5, 0.6) is 0 Å². The van der Waals surface area contributed by atoms with Crippen molar-refractivity contribution >= 4 is 12.6 Å². The van der Waals surface area contributed by atoms with Gasteiger partial charge in [0.15, 0.2) is 0 Å². The van der Waals surface area contributed by atoms with Crippen molar-refractivity contribution in [2.45, 2.75) is 0 Å². The molecule has 0 unspecified atom stereocenters. The Morgan fingerprint density at radius 1 is 1.75 bits per heavy atom. The Morgan fingerprint density at radius 3 is 3.12 bits per heavy atom. The smallest absolute Gasteiger partial charge is 0.0867 e. The molecule has 1 rings (SSSR count). The van der Waals surface area contributed by atoms with Crippen LogP contribution in [0.4, 0.5) is 0 Å². The molecule has 1 N–H and O–H groups in total. The van der Waals surface area contributed by atoms with Crippen LogP contribution in [0.1, 0.15) is 0 Å². The van der Waals surface area contributed by atoms with Gasteiger partial charge in [-0.25, -0.2) is 0 Å². The molecule has 0 aromatic rings. The zero-order chi connectivity index (χ0) is 5.82. The van der Waals surface area contributed by atoms with Crippen molar-refractivity contribution in [3.05, 3.63) is 12.4 Å². The summed E-state index contributed by atoms with van der Waals surface area (Å²) in [6.45, 7) is 1.98. The summed E-state index contributed by atoms with van der Waals surface area (Å²) in [6, 6.07) is 0. The fourth-order valence-electron chi connectivity index (χ4n) is 0.663. The topological polar surface area (TPSA) is 15.3 Å². The number of nitrogens with zero attached hydrogens (tertiary/aromatic N) is 1. The van der Waals surface area contributed by atoms with Gasteiger partial charge in [0.1, 0.15) is 0 Å². The number of rotatable bonds is 2. The number of hydrogen-bond acceptors (Lipinski definition) is 3. The van der Waals surface area contributed by atoms with E-state index in [1.54, 1.807) is 0 Å². The molecule has 0 aliphatic carbocycles. The molecule has 8 heavy (non-hydrogen) atoms. The van der Waals surface area contributed by atoms with E-state index in [0.717, 1.165) is 19.0 Å². The van der Waals surface area contributed by atoms with Crippen molar-refractivity contribution in [3.63, 3.8) is 0 Å². The van der Waals surface area contributed by atoms with E-state index in [0.29, 0.717) is 0 Å². The molecule has 0 aromatic carbocycles. The van der Waals surface area contributed by atoms with Crippen molar-refractivity contribution in [1.82, 2.24) is 10.2 Å². The predicted octanol–water partition coefficient (Wildman–Crippen LogP) is 0.250. The summed E-state index contributed by atoms with van der Waals surface area (Å²) in [6.07, 6.45) is 3.99. The standard InChI is InChI=1S/C5H10N2S/c8-4-3-7-2-1-6-5-7/h1-2,6,8H,3-5H2. The Bertz CT molecular complexity index is 92.4. The molecular weight excluding hydrogens is 120 g/mol. The molecule has 0 fully saturated rings. The monoisotopic (exact) mass is 130 g/mol. The minimum Gasteiger partial charge on any atom is -0.373 e. The van der Waals surface area contributed by atoms with Crippen molar-refractivity contribution in [2.75, 3.05) is 19.0 Å². The lowest BCUT2D eigenvalue weighted by atomic mass is 10.6. The molecule has 0 saturated carbocycles. The molecule has 1 heterocycles. The normalized spacial score (nSPS) is 16.9. The van der Waals surface area contributed by atoms with Gasteiger partial charge in [-0.15, -0.1) is 0 Å². The van der Waals surface area contributed by atoms with Crippen LogP contribution in [0.25, 0.3) is 0 Å². The van der Waals surface area contributed by atoms with Crippen LogP contribution in [0.15, 0.2) is 12.4 Å². The summed E-state index contributed by atoms with van der Waals surface area (Å²) >= 11 is 4.09. The highest BCUT2D eigenvalue weighted by molar-refractivity contribution is 7.80. The maximum Gasteiger partial charge on any atom is 0.0867 e. The summed E-state index contributed by atoms with van der Waals surface area (Å²) in [4.78, 5) is 2.17. The third-order valence-electron chi connectivity index (χ3n) is 1.08. The second kappa shape index (κ2) is 2.87. The van der Waals surface area contributed by atoms with E-state index in [1.165, 1.54) is 0 Å². The predicted molar refractivity (Wildman–Crippen MR) is 37.7 cm³/mol. The Labute approximate surface area is 55.0 Å². The van der Waals surface area contributed by atoms with Gasteiger partial charge in [-0.05, 0) is 0 Å². The molecule has 0 saturated heterocycles. The maximum atomic E-state index is 4.09. The fourth-order valence-corrected chi connectivity index (χ4v) is 0.920. The highest BCUT2D eigenvalue weighted by Crippen LogP contribution is 1.93. The van der Waals surface area contributed by atoms with E-state index < -0.39 is 0 Å². The second-order valence-electron chi connectivity index (χ2n) is 1.71. The third kappa shape index (κ3) is 1.33. The van der Waals surface area contributed by atoms with Crippen molar-refractivity contribution < 1.29 is 0 Å². The van der Waals surface area contributed by atoms with Gasteiger partial charge in [-0.3, -0.25) is 0 Å². The number of nitrogens with one attached hydrogen (secondary N) is 1. The van der Waals surface area contributed by atoms with Crippen LogP contribution < -0.4 is 5.32 Å². The van der Waals surface area contributed by atoms with E-state index in [2.05, 4.69) is 22.8 Å². The minimum atomic E-state index is 0.923. The lowest BCUT2D eigenvalue weighted by molar-refractivity contribution is 0.416. The highest BCUT2D eigenvalue weighted by atomic mass is 32.1. The Morgan fingerprint density at radius 2 is 2.62 bits per heavy atom. The van der Waals surface area contributed by atoms with Crippen molar-refractivity contribution in [2.24, 2.45) is 0 Å². The van der Waals surface area contributed by atoms with Crippen LogP contribution in [-0.2, 0) is 0 Å². The molecule has 46 valence electrons. The molecule has 0 amide bonds. The van der Waals surface area contributed by atoms with Crippen LogP contribution >= 0.6 is 12.6 Å². The van der Waals surface area contributed by atoms with Crippen LogP contribution in [-0.4, -0.2) is 23.9 Å². The van der Waals surface area contributed by atoms with Crippen LogP contribution in [0.3, 0.4) is 0 Å². The lowest BCUT2D eigenvalue weighted by Gasteiger charge is -2.11. The number of thiol groups is 1. The van der Waals surface area contributed by atoms with E-state index in [-0.39, 0.29) is 0 Å². The van der Waals surface area contributed by atoms with Crippen molar-refractivity contribution in [1.29, 1.82) is 0 Å². The van der Waals surface area contributed by atoms with Crippen LogP contribution in [0.2, 0.25) is 0 Å². The Kier molecular flexibility index (Phi) is 2.09. The van der Waals surface area contributed by atoms with Gasteiger partial charge in [0.2, 0.25) is 0 Å². The molecule has 0 aromatic heterocycles. The summed E-state index contributed by atoms with van der Waals surface area (Å²) in [7, 11) is 0. The highest BCUT2D eigenvalue weighted by Gasteiger charge is 1.98. The molecule has 0 radical (unpaired) electrons. The van der Waals surface area contributed by atoms with E-state index in [1.807, 2.05) is 12.4 Å². The average Bonchev–Trinajstić information content (AvgIpc) is 2.19. The zero-order valence-electron chi connectivity index (χ0n) is 4.67. The van der Waals surface area contributed by atoms with Gasteiger partial charge in [-0.1, -0.05) is 0 Å². The lowest BCUT2D eigenvalue weighted by Crippen LogP contribution is -2.22. The Balaban J connectivity index is 2.16. The summed E-state index contributed by atoms with van der Waals surface area (Å²) in [5.74, 6) is 0.923. The first-order chi connectivity index (χ1) is 3.93. The SMILES string of the molecule is SCCN1C=CNC1. The van der Waals surface area contributed by atoms with Gasteiger partial charge >= 0.3 is 0 Å². The summed E-state index contributed by atoms with van der Waals surface area (Å²) < 4.78 is 0. The van der Waals surface area contributed by atoms with Gasteiger partial charge in [0.05, 0.1) is 6.67 Å². The Hall–Kier alpha value is -0.310. The van der Waals surface area contributed by atoms with Gasteiger partial charge in [0.25, 0.3) is 0 Å². The molecular formula is C5H10N2S. The first kappa shape index (κ1) is 5.82. The van der Waals surface area contributed by atoms with Gasteiger partial charge in [-0.2, -0.15) is 12.6 Å². The second-order valence-corrected chi connectivity index (χ2v) is 2.16. The molecule has 0 spiro atoms. The molecule has 3 heteroatoms. The molecule has 1 aliphatic heterocycles. The average molecular weight is 130 g/mol. The van der Waals surface area contributed by atoms with E-state index >= 15 is 0 Å². The first-order valence-corrected chi connectivity index (χ1v) is 3.31. The largest absolute Gasteiger partial charge is 0.373 e. The summed E-state index contributed by atoms with van der Waals surface area (Å²) in [5, 5.41) is 3.07. The molecule has 2 nitrogen and oxygen atoms in total. The zero-order valence-corrected chi connectivity index (χ0v) is 5.56. The van der Waals surface area contributed by atoms with Crippen LogP contribution in [0, 0.1) is 0 Å². The summed E-state index contributed by atoms with van der Waals surface area (Å²) in [5.41, 5.74) is 0. The maximum absolute atomic E-state index is 4.09. The molecule has 1 aliphatic rings. The third-order valence-corrected chi connectivity index (χ3v) is 1.28. The van der Waals surface area contributed by atoms with Gasteiger partial charge < -0.3 is 10.2 Å². The first-order valence-electron chi connectivity index (χ1n) is 2.68. The molecule has 0 bridgehead atoms. The molecule has 0 atom stereocenters.